The number of benzene rings is 10. The van der Waals surface area contributed by atoms with Crippen LogP contribution < -0.4 is 19.3 Å². The summed E-state index contributed by atoms with van der Waals surface area (Å²) < 4.78 is 12.9. The zero-order valence-electron chi connectivity index (χ0n) is 35.0. The second-order valence-electron chi connectivity index (χ2n) is 16.3. The predicted octanol–water partition coefficient (Wildman–Crippen LogP) is 16.7. The predicted molar refractivity (Wildman–Crippen MR) is 265 cm³/mol. The molecule has 0 atom stereocenters. The molecule has 0 saturated carbocycles. The minimum absolute atomic E-state index is 0.570. The van der Waals surface area contributed by atoms with Gasteiger partial charge < -0.3 is 19.3 Å². The summed E-state index contributed by atoms with van der Waals surface area (Å²) in [6, 6.07) is 65.3. The highest BCUT2D eigenvalue weighted by atomic mass is 16.5. The average molecular weight is 845 g/mol. The van der Waals surface area contributed by atoms with Crippen molar-refractivity contribution in [1.82, 2.24) is 9.97 Å². The van der Waals surface area contributed by atoms with Gasteiger partial charge in [0.1, 0.15) is 0 Å². The molecule has 8 heteroatoms. The Kier molecular flexibility index (Phi) is 8.17. The molecule has 3 heterocycles. The number of ether oxygens (including phenoxy) is 2. The maximum Gasteiger partial charge on any atom is 0.187 e. The molecule has 0 saturated heterocycles. The smallest absolute Gasteiger partial charge is 0.187 e. The summed E-state index contributed by atoms with van der Waals surface area (Å²) in [4.78, 5) is 22.8. The van der Waals surface area contributed by atoms with Crippen LogP contribution in [0.1, 0.15) is 0 Å². The lowest BCUT2D eigenvalue weighted by molar-refractivity contribution is 0.477. The second-order valence-corrected chi connectivity index (χ2v) is 16.3. The fraction of sp³-hybridized carbons (Fsp3) is 0. The fourth-order valence-corrected chi connectivity index (χ4v) is 9.55. The molecular weight excluding hydrogens is 813 g/mol. The normalized spacial score (nSPS) is 12.4. The van der Waals surface area contributed by atoms with Gasteiger partial charge >= 0.3 is 0 Å². The number of para-hydroxylation sites is 8. The molecule has 0 radical (unpaired) electrons. The molecule has 66 heavy (non-hydrogen) atoms. The quantitative estimate of drug-likeness (QED) is 0.0999. The van der Waals surface area contributed by atoms with Gasteiger partial charge in [-0.2, -0.15) is 0 Å². The maximum absolute atomic E-state index is 7.57. The zero-order valence-corrected chi connectivity index (χ0v) is 35.0. The number of hydrogen-bond donors (Lipinski definition) is 0. The molecule has 0 spiro atoms. The topological polar surface area (TPSA) is 59.4 Å². The molecule has 11 aromatic rings. The van der Waals surface area contributed by atoms with Crippen molar-refractivity contribution < 1.29 is 9.47 Å². The second kappa shape index (κ2) is 14.5. The third kappa shape index (κ3) is 5.76. The summed E-state index contributed by atoms with van der Waals surface area (Å²) in [5.74, 6) is 3.13. The Morgan fingerprint density at radius 1 is 0.364 bits per heavy atom. The van der Waals surface area contributed by atoms with Crippen LogP contribution in [0.5, 0.6) is 23.0 Å². The van der Waals surface area contributed by atoms with Crippen molar-refractivity contribution in [3.63, 3.8) is 0 Å². The molecule has 0 N–H and O–H groups in total. The number of hydrogen-bond acceptors (Lipinski definition) is 6. The first-order valence-corrected chi connectivity index (χ1v) is 21.5. The molecule has 306 valence electrons. The van der Waals surface area contributed by atoms with Gasteiger partial charge in [-0.1, -0.05) is 109 Å². The van der Waals surface area contributed by atoms with Crippen LogP contribution in [0.25, 0.3) is 75.6 Å². The Bertz CT molecular complexity index is 3580. The van der Waals surface area contributed by atoms with E-state index in [0.29, 0.717) is 11.4 Å². The van der Waals surface area contributed by atoms with E-state index in [4.69, 9.17) is 32.6 Å². The molecule has 0 bridgehead atoms. The molecule has 8 nitrogen and oxygen atoms in total. The van der Waals surface area contributed by atoms with Crippen molar-refractivity contribution in [1.29, 1.82) is 0 Å². The van der Waals surface area contributed by atoms with Crippen LogP contribution in [0.2, 0.25) is 0 Å². The lowest BCUT2D eigenvalue weighted by atomic mass is 9.93. The third-order valence-corrected chi connectivity index (χ3v) is 12.6. The van der Waals surface area contributed by atoms with E-state index in [9.17, 15) is 0 Å². The maximum atomic E-state index is 7.57. The molecule has 0 fully saturated rings. The van der Waals surface area contributed by atoms with Gasteiger partial charge in [0.15, 0.2) is 34.4 Å². The number of fused-ring (bicyclic) bond motifs is 11. The van der Waals surface area contributed by atoms with E-state index in [2.05, 4.69) is 92.3 Å². The largest absolute Gasteiger partial charge is 0.453 e. The zero-order chi connectivity index (χ0) is 43.9. The van der Waals surface area contributed by atoms with Gasteiger partial charge in [0, 0.05) is 22.1 Å². The Hall–Kier alpha value is -9.50. The van der Waals surface area contributed by atoms with E-state index in [1.807, 2.05) is 121 Å². The van der Waals surface area contributed by atoms with Gasteiger partial charge in [-0.05, 0) is 118 Å². The lowest BCUT2D eigenvalue weighted by Gasteiger charge is -2.33. The Morgan fingerprint density at radius 2 is 0.712 bits per heavy atom. The highest BCUT2D eigenvalue weighted by Crippen LogP contribution is 2.53. The van der Waals surface area contributed by atoms with E-state index >= 15 is 0 Å². The first-order valence-electron chi connectivity index (χ1n) is 21.5. The van der Waals surface area contributed by atoms with Crippen LogP contribution in [-0.2, 0) is 0 Å². The van der Waals surface area contributed by atoms with Crippen molar-refractivity contribution in [2.45, 2.75) is 0 Å². The average Bonchev–Trinajstić information content (AvgIpc) is 3.38. The molecule has 0 amide bonds. The number of aromatic nitrogens is 2. The van der Waals surface area contributed by atoms with Crippen LogP contribution in [-0.4, -0.2) is 9.97 Å². The van der Waals surface area contributed by atoms with Gasteiger partial charge in [-0.15, -0.1) is 0 Å². The Balaban J connectivity index is 1.10. The number of anilines is 6. The highest BCUT2D eigenvalue weighted by Gasteiger charge is 2.28. The van der Waals surface area contributed by atoms with Crippen LogP contribution in [0.3, 0.4) is 0 Å². The van der Waals surface area contributed by atoms with E-state index in [0.717, 1.165) is 123 Å². The SMILES string of the molecule is [C-]#[N+]c1ccc(-c2cc3nc4c5ccc(N6c7ccccc7Oc7ccccc76)cc5c5cc(N6c7ccccc7Oc7ccccc76)ccc5c4nc3cc2-c2ccc([N+]#[C-])cc2)cc1. The van der Waals surface area contributed by atoms with E-state index in [1.165, 1.54) is 0 Å². The Labute approximate surface area is 379 Å². The first kappa shape index (κ1) is 37.1. The number of rotatable bonds is 4. The summed E-state index contributed by atoms with van der Waals surface area (Å²) >= 11 is 0. The molecule has 0 unspecified atom stereocenters. The molecule has 10 aromatic carbocycles. The molecule has 0 aliphatic carbocycles. The fourth-order valence-electron chi connectivity index (χ4n) is 9.55. The van der Waals surface area contributed by atoms with E-state index in [-0.39, 0.29) is 0 Å². The highest BCUT2D eigenvalue weighted by molar-refractivity contribution is 6.25. The van der Waals surface area contributed by atoms with E-state index < -0.39 is 0 Å². The Morgan fingerprint density at radius 3 is 1.06 bits per heavy atom. The molecule has 2 aliphatic rings. The van der Waals surface area contributed by atoms with Crippen molar-refractivity contribution in [3.05, 3.63) is 217 Å². The van der Waals surface area contributed by atoms with Gasteiger partial charge in [0.2, 0.25) is 0 Å². The molecule has 13 rings (SSSR count). The number of nitrogens with zero attached hydrogens (tertiary/aromatic N) is 6. The van der Waals surface area contributed by atoms with Crippen molar-refractivity contribution >= 4 is 89.1 Å². The van der Waals surface area contributed by atoms with Crippen LogP contribution in [0.4, 0.5) is 45.5 Å². The summed E-state index contributed by atoms with van der Waals surface area (Å²) in [5, 5.41) is 3.97. The van der Waals surface area contributed by atoms with Crippen LogP contribution in [0, 0.1) is 13.1 Å². The summed E-state index contributed by atoms with van der Waals surface area (Å²) in [7, 11) is 0. The van der Waals surface area contributed by atoms with Gasteiger partial charge in [-0.25, -0.2) is 19.7 Å². The summed E-state index contributed by atoms with van der Waals surface area (Å²) in [5.41, 5.74) is 13.8. The summed E-state index contributed by atoms with van der Waals surface area (Å²) in [6.07, 6.45) is 0. The van der Waals surface area contributed by atoms with E-state index in [1.54, 1.807) is 0 Å². The standard InChI is InChI=1S/C58H32N6O2/c1-59-37-23-19-35(20-24-37)43-33-47-48(34-44(43)36-21-25-38(60-2)26-22-36)62-58-42-30-28-40(64-51-13-5-9-17-55(51)66-56-18-10-6-14-52(56)64)32-46(42)45-31-39(27-29-41(45)57(58)61-47)63-49-11-3-7-15-53(49)65-54-16-8-4-12-50(54)63/h3-34H. The van der Waals surface area contributed by atoms with Gasteiger partial charge in [0.05, 0.1) is 58.0 Å². The minimum atomic E-state index is 0.570. The summed E-state index contributed by atoms with van der Waals surface area (Å²) in [6.45, 7) is 15.1. The third-order valence-electron chi connectivity index (χ3n) is 12.6. The van der Waals surface area contributed by atoms with Crippen molar-refractivity contribution in [2.75, 3.05) is 9.80 Å². The van der Waals surface area contributed by atoms with Gasteiger partial charge in [0.25, 0.3) is 0 Å². The monoisotopic (exact) mass is 844 g/mol. The van der Waals surface area contributed by atoms with Crippen LogP contribution in [0.15, 0.2) is 194 Å². The molecule has 2 aliphatic heterocycles. The van der Waals surface area contributed by atoms with Crippen molar-refractivity contribution in [2.24, 2.45) is 0 Å². The lowest BCUT2D eigenvalue weighted by Crippen LogP contribution is -2.16. The molecule has 1 aromatic heterocycles. The minimum Gasteiger partial charge on any atom is -0.453 e. The van der Waals surface area contributed by atoms with Crippen LogP contribution >= 0.6 is 0 Å². The van der Waals surface area contributed by atoms with Crippen molar-refractivity contribution in [3.8, 4) is 45.3 Å². The van der Waals surface area contributed by atoms with Gasteiger partial charge in [-0.3, -0.25) is 0 Å². The molecular formula is C58H32N6O2. The first-order chi connectivity index (χ1) is 32.6.